The van der Waals surface area contributed by atoms with Crippen molar-refractivity contribution in [3.8, 4) is 0 Å². The van der Waals surface area contributed by atoms with E-state index in [1.165, 1.54) is 11.4 Å². The van der Waals surface area contributed by atoms with Crippen molar-refractivity contribution >= 4 is 16.0 Å². The second kappa shape index (κ2) is 5.98. The number of carboxylic acid groups (broad SMARTS) is 1. The summed E-state index contributed by atoms with van der Waals surface area (Å²) in [6.07, 6.45) is 3.17. The molecule has 2 saturated heterocycles. The molecule has 2 aliphatic heterocycles. The SMILES string of the molecule is COCC1(S(=O)(=O)N2CCC3(CCOCC3)C(C(=O)O)C2)CC1. The normalized spacial score (nSPS) is 30.2. The summed E-state index contributed by atoms with van der Waals surface area (Å²) in [4.78, 5) is 11.8. The van der Waals surface area contributed by atoms with E-state index in [9.17, 15) is 18.3 Å². The van der Waals surface area contributed by atoms with Crippen LogP contribution < -0.4 is 0 Å². The van der Waals surface area contributed by atoms with Crippen LogP contribution in [-0.2, 0) is 24.3 Å². The Hall–Kier alpha value is -0.700. The molecule has 2 heterocycles. The number of ether oxygens (including phenoxy) is 2. The Kier molecular flexibility index (Phi) is 4.46. The fourth-order valence-electron chi connectivity index (χ4n) is 4.10. The molecule has 0 aromatic heterocycles. The zero-order valence-electron chi connectivity index (χ0n) is 13.5. The maximum absolute atomic E-state index is 12.9. The average molecular weight is 347 g/mol. The van der Waals surface area contributed by atoms with E-state index in [1.807, 2.05) is 0 Å². The van der Waals surface area contributed by atoms with Crippen LogP contribution in [0, 0.1) is 11.3 Å². The summed E-state index contributed by atoms with van der Waals surface area (Å²) >= 11 is 0. The van der Waals surface area contributed by atoms with Crippen LogP contribution in [0.25, 0.3) is 0 Å². The highest BCUT2D eigenvalue weighted by atomic mass is 32.2. The molecule has 7 nitrogen and oxygen atoms in total. The molecule has 3 rings (SSSR count). The van der Waals surface area contributed by atoms with Crippen molar-refractivity contribution < 1.29 is 27.8 Å². The number of hydrogen-bond acceptors (Lipinski definition) is 5. The van der Waals surface area contributed by atoms with Gasteiger partial charge in [-0.3, -0.25) is 4.79 Å². The maximum atomic E-state index is 12.9. The number of nitrogens with zero attached hydrogens (tertiary/aromatic N) is 1. The van der Waals surface area contributed by atoms with Crippen LogP contribution in [-0.4, -0.2) is 68.6 Å². The van der Waals surface area contributed by atoms with E-state index in [0.717, 1.165) is 0 Å². The molecule has 1 spiro atoms. The Morgan fingerprint density at radius 2 is 1.91 bits per heavy atom. The molecule has 0 bridgehead atoms. The third kappa shape index (κ3) is 2.79. The zero-order valence-corrected chi connectivity index (χ0v) is 14.3. The number of hydrogen-bond donors (Lipinski definition) is 1. The highest BCUT2D eigenvalue weighted by Crippen LogP contribution is 2.50. The third-order valence-electron chi connectivity index (χ3n) is 5.87. The summed E-state index contributed by atoms with van der Waals surface area (Å²) in [6, 6.07) is 0. The fraction of sp³-hybridized carbons (Fsp3) is 0.933. The van der Waals surface area contributed by atoms with E-state index in [2.05, 4.69) is 0 Å². The molecule has 0 aromatic carbocycles. The van der Waals surface area contributed by atoms with Crippen molar-refractivity contribution in [3.05, 3.63) is 0 Å². The first-order chi connectivity index (χ1) is 10.9. The molecule has 3 fully saturated rings. The molecule has 1 atom stereocenters. The highest BCUT2D eigenvalue weighted by molar-refractivity contribution is 7.90. The zero-order chi connectivity index (χ0) is 16.7. The number of rotatable bonds is 5. The Bertz CT molecular complexity index is 565. The van der Waals surface area contributed by atoms with E-state index >= 15 is 0 Å². The first kappa shape index (κ1) is 17.1. The summed E-state index contributed by atoms with van der Waals surface area (Å²) in [5, 5.41) is 9.67. The standard InChI is InChI=1S/C15H25NO6S/c1-21-11-15(2-3-15)23(19,20)16-7-4-14(5-8-22-9-6-14)12(10-16)13(17)18/h12H,2-11H2,1H3,(H,17,18). The topological polar surface area (TPSA) is 93.1 Å². The van der Waals surface area contributed by atoms with E-state index in [-0.39, 0.29) is 18.6 Å². The van der Waals surface area contributed by atoms with Gasteiger partial charge in [-0.1, -0.05) is 0 Å². The Morgan fingerprint density at radius 1 is 1.26 bits per heavy atom. The second-order valence-electron chi connectivity index (χ2n) is 7.09. The lowest BCUT2D eigenvalue weighted by atomic mass is 9.66. The highest BCUT2D eigenvalue weighted by Gasteiger charge is 2.59. The van der Waals surface area contributed by atoms with Crippen LogP contribution >= 0.6 is 0 Å². The minimum absolute atomic E-state index is 0.0726. The Balaban J connectivity index is 1.81. The first-order valence-electron chi connectivity index (χ1n) is 8.16. The minimum atomic E-state index is -3.52. The minimum Gasteiger partial charge on any atom is -0.481 e. The summed E-state index contributed by atoms with van der Waals surface area (Å²) < 4.78 is 36.9. The number of methoxy groups -OCH3 is 1. The molecule has 0 amide bonds. The van der Waals surface area contributed by atoms with Gasteiger partial charge < -0.3 is 14.6 Å². The van der Waals surface area contributed by atoms with Gasteiger partial charge in [-0.25, -0.2) is 12.7 Å². The molecule has 0 radical (unpaired) electrons. The lowest BCUT2D eigenvalue weighted by Gasteiger charge is -2.48. The number of sulfonamides is 1. The molecule has 0 aromatic rings. The van der Waals surface area contributed by atoms with Gasteiger partial charge in [-0.2, -0.15) is 0 Å². The first-order valence-corrected chi connectivity index (χ1v) is 9.60. The van der Waals surface area contributed by atoms with Crippen molar-refractivity contribution in [2.24, 2.45) is 11.3 Å². The summed E-state index contributed by atoms with van der Waals surface area (Å²) in [5.74, 6) is -1.56. The van der Waals surface area contributed by atoms with Gasteiger partial charge in [-0.15, -0.1) is 0 Å². The van der Waals surface area contributed by atoms with Crippen molar-refractivity contribution in [2.45, 2.75) is 36.9 Å². The Labute approximate surface area is 137 Å². The molecule has 1 unspecified atom stereocenters. The van der Waals surface area contributed by atoms with E-state index in [4.69, 9.17) is 9.47 Å². The van der Waals surface area contributed by atoms with Gasteiger partial charge in [0.05, 0.1) is 12.5 Å². The van der Waals surface area contributed by atoms with Crippen LogP contribution in [0.15, 0.2) is 0 Å². The number of carbonyl (C=O) groups is 1. The van der Waals surface area contributed by atoms with Crippen LogP contribution in [0.1, 0.15) is 32.1 Å². The predicted molar refractivity (Wildman–Crippen MR) is 82.6 cm³/mol. The van der Waals surface area contributed by atoms with Crippen LogP contribution in [0.2, 0.25) is 0 Å². The van der Waals surface area contributed by atoms with Crippen LogP contribution in [0.4, 0.5) is 0 Å². The van der Waals surface area contributed by atoms with Gasteiger partial charge >= 0.3 is 5.97 Å². The molecule has 3 aliphatic rings. The second-order valence-corrected chi connectivity index (χ2v) is 9.43. The monoisotopic (exact) mass is 347 g/mol. The molecule has 1 saturated carbocycles. The molecule has 132 valence electrons. The van der Waals surface area contributed by atoms with Gasteiger partial charge in [0.1, 0.15) is 4.75 Å². The average Bonchev–Trinajstić information content (AvgIpc) is 3.30. The maximum Gasteiger partial charge on any atom is 0.308 e. The van der Waals surface area contributed by atoms with Gasteiger partial charge in [0.25, 0.3) is 0 Å². The predicted octanol–water partition coefficient (Wildman–Crippen LogP) is 0.699. The quantitative estimate of drug-likeness (QED) is 0.787. The van der Waals surface area contributed by atoms with Crippen molar-refractivity contribution in [1.29, 1.82) is 0 Å². The van der Waals surface area contributed by atoms with Crippen molar-refractivity contribution in [1.82, 2.24) is 4.31 Å². The van der Waals surface area contributed by atoms with Crippen LogP contribution in [0.3, 0.4) is 0 Å². The lowest BCUT2D eigenvalue weighted by molar-refractivity contribution is -0.153. The number of carboxylic acids is 1. The van der Waals surface area contributed by atoms with E-state index < -0.39 is 26.7 Å². The van der Waals surface area contributed by atoms with Crippen molar-refractivity contribution in [2.75, 3.05) is 40.0 Å². The third-order valence-corrected chi connectivity index (χ3v) is 8.51. The molecule has 1 aliphatic carbocycles. The number of piperidine rings is 1. The molecular weight excluding hydrogens is 322 g/mol. The summed E-state index contributed by atoms with van der Waals surface area (Å²) in [6.45, 7) is 1.78. The Morgan fingerprint density at radius 3 is 2.43 bits per heavy atom. The van der Waals surface area contributed by atoms with Gasteiger partial charge in [0.2, 0.25) is 10.0 Å². The number of aliphatic carboxylic acids is 1. The summed E-state index contributed by atoms with van der Waals surface area (Å²) in [5.41, 5.74) is -0.325. The van der Waals surface area contributed by atoms with Gasteiger partial charge in [-0.05, 0) is 37.5 Å². The van der Waals surface area contributed by atoms with E-state index in [0.29, 0.717) is 51.9 Å². The van der Waals surface area contributed by atoms with Crippen molar-refractivity contribution in [3.63, 3.8) is 0 Å². The summed E-state index contributed by atoms with van der Waals surface area (Å²) in [7, 11) is -2.02. The lowest BCUT2D eigenvalue weighted by Crippen LogP contribution is -2.56. The van der Waals surface area contributed by atoms with Gasteiger partial charge in [0, 0.05) is 33.4 Å². The van der Waals surface area contributed by atoms with E-state index in [1.54, 1.807) is 0 Å². The fourth-order valence-corrected chi connectivity index (χ4v) is 6.21. The molecule has 1 N–H and O–H groups in total. The molecule has 23 heavy (non-hydrogen) atoms. The molecular formula is C15H25NO6S. The van der Waals surface area contributed by atoms with Crippen LogP contribution in [0.5, 0.6) is 0 Å². The molecule has 8 heteroatoms. The largest absolute Gasteiger partial charge is 0.481 e. The smallest absolute Gasteiger partial charge is 0.308 e. The van der Waals surface area contributed by atoms with Gasteiger partial charge in [0.15, 0.2) is 0 Å².